The number of hydrogen-bond donors (Lipinski definition) is 5. The van der Waals surface area contributed by atoms with E-state index in [-0.39, 0.29) is 6.61 Å². The summed E-state index contributed by atoms with van der Waals surface area (Å²) in [5.74, 6) is 3.86. The minimum atomic E-state index is -1.99. The van der Waals surface area contributed by atoms with E-state index in [1.807, 2.05) is 98.8 Å². The zero-order valence-corrected chi connectivity index (χ0v) is 54.7. The first-order chi connectivity index (χ1) is 42.0. The molecule has 458 valence electrons. The maximum absolute atomic E-state index is 12.4. The second kappa shape index (κ2) is 24.7. The standard InChI is InChI=1S/C26H23N5O3.C21H17BrN4O.C20H38BNO4Si/c1-15-23(20(14-32)34-31-15)17-12-18(24-19(13-17)29-25(30-24)16-8-9-16)26(33,21-6-2-4-10-27-21)22-7-3-5-11-28-22;22-14-11-15(19-16(12-14)25-20(26-19)13-7-8-13)21(27,17-5-1-3-9-23-17)18-6-2-4-10-24-18;1-13(2)27(14(3)4,15(5)6)23-12-17-18(16(7)22-24-17)21-25-19(8,9)20(10,11)26-21/h2-7,10-13,16,32-33H,8-9,14H2,1H3,(H,29,30);1-6,9-13,27H,7-8H2,(H,25,26);13-15H,12H2,1-11H3. The summed E-state index contributed by atoms with van der Waals surface area (Å²) < 4.78 is 31.1. The highest BCUT2D eigenvalue weighted by Crippen LogP contribution is 2.47. The van der Waals surface area contributed by atoms with Gasteiger partial charge in [0.1, 0.15) is 18.3 Å². The molecule has 0 atom stereocenters. The van der Waals surface area contributed by atoms with Gasteiger partial charge in [0.25, 0.3) is 0 Å². The Morgan fingerprint density at radius 1 is 0.614 bits per heavy atom. The van der Waals surface area contributed by atoms with Crippen molar-refractivity contribution in [2.45, 2.75) is 173 Å². The Kier molecular flexibility index (Phi) is 17.6. The predicted molar refractivity (Wildman–Crippen MR) is 344 cm³/mol. The number of halogens is 1. The van der Waals surface area contributed by atoms with E-state index < -0.39 is 37.8 Å². The molecule has 5 N–H and O–H groups in total. The number of imidazole rings is 2. The van der Waals surface area contributed by atoms with E-state index in [9.17, 15) is 15.3 Å². The summed E-state index contributed by atoms with van der Waals surface area (Å²) in [5, 5.41) is 42.5. The molecular formula is C67H78BBrN10O8Si. The lowest BCUT2D eigenvalue weighted by molar-refractivity contribution is 0.00578. The van der Waals surface area contributed by atoms with Crippen LogP contribution in [0.3, 0.4) is 0 Å². The van der Waals surface area contributed by atoms with Gasteiger partial charge >= 0.3 is 7.12 Å². The summed E-state index contributed by atoms with van der Waals surface area (Å²) >= 11 is 3.58. The van der Waals surface area contributed by atoms with Crippen LogP contribution in [0.4, 0.5) is 0 Å². The van der Waals surface area contributed by atoms with Crippen LogP contribution < -0.4 is 5.46 Å². The highest BCUT2D eigenvalue weighted by atomic mass is 79.9. The number of rotatable bonds is 17. The van der Waals surface area contributed by atoms with Crippen LogP contribution in [0.2, 0.25) is 16.6 Å². The number of hydrogen-bond acceptors (Lipinski definition) is 16. The van der Waals surface area contributed by atoms with Crippen molar-refractivity contribution < 1.29 is 38.1 Å². The van der Waals surface area contributed by atoms with Crippen molar-refractivity contribution in [3.8, 4) is 11.1 Å². The summed E-state index contributed by atoms with van der Waals surface area (Å²) in [6, 6.07) is 29.6. The van der Waals surface area contributed by atoms with Crippen LogP contribution in [0.25, 0.3) is 33.2 Å². The largest absolute Gasteiger partial charge is 0.500 e. The van der Waals surface area contributed by atoms with Crippen molar-refractivity contribution in [2.24, 2.45) is 0 Å². The van der Waals surface area contributed by atoms with Gasteiger partial charge in [-0.05, 0) is 162 Å². The quantitative estimate of drug-likeness (QED) is 0.0532. The van der Waals surface area contributed by atoms with Crippen LogP contribution in [0.1, 0.15) is 175 Å². The summed E-state index contributed by atoms with van der Waals surface area (Å²) in [7, 11) is -2.47. The molecule has 1 saturated heterocycles. The summed E-state index contributed by atoms with van der Waals surface area (Å²) in [4.78, 5) is 34.6. The normalized spacial score (nSPS) is 16.0. The fraction of sp³-hybridized carbons (Fsp3) is 0.403. The fourth-order valence-corrected chi connectivity index (χ4v) is 18.4. The number of aliphatic hydroxyl groups is 3. The highest BCUT2D eigenvalue weighted by Gasteiger charge is 2.54. The highest BCUT2D eigenvalue weighted by molar-refractivity contribution is 9.10. The Morgan fingerprint density at radius 2 is 1.03 bits per heavy atom. The van der Waals surface area contributed by atoms with Gasteiger partial charge in [-0.1, -0.05) is 92.1 Å². The van der Waals surface area contributed by atoms with E-state index >= 15 is 0 Å². The maximum atomic E-state index is 12.4. The zero-order chi connectivity index (χ0) is 62.5. The van der Waals surface area contributed by atoms with Crippen molar-refractivity contribution >= 4 is 58.9 Å². The molecule has 3 aliphatic rings. The van der Waals surface area contributed by atoms with Crippen LogP contribution in [0.5, 0.6) is 0 Å². The molecule has 0 amide bonds. The number of pyridine rings is 4. The third-order valence-electron chi connectivity index (χ3n) is 18.0. The number of nitrogens with zero attached hydrogens (tertiary/aromatic N) is 8. The molecule has 0 spiro atoms. The van der Waals surface area contributed by atoms with Gasteiger partial charge in [0, 0.05) is 52.2 Å². The van der Waals surface area contributed by atoms with Gasteiger partial charge in [0.05, 0.1) is 85.1 Å². The zero-order valence-electron chi connectivity index (χ0n) is 52.1. The van der Waals surface area contributed by atoms with E-state index in [1.54, 1.807) is 36.9 Å². The number of aromatic amines is 2. The van der Waals surface area contributed by atoms with E-state index in [0.717, 1.165) is 80.8 Å². The molecule has 10 aromatic rings. The third-order valence-corrected chi connectivity index (χ3v) is 24.5. The van der Waals surface area contributed by atoms with Gasteiger partial charge in [-0.2, -0.15) is 0 Å². The first-order valence-electron chi connectivity index (χ1n) is 30.4. The fourth-order valence-electron chi connectivity index (χ4n) is 12.5. The molecule has 0 bridgehead atoms. The second-order valence-electron chi connectivity index (χ2n) is 25.4. The molecule has 88 heavy (non-hydrogen) atoms. The molecule has 2 aliphatic carbocycles. The molecule has 21 heteroatoms. The van der Waals surface area contributed by atoms with E-state index in [0.29, 0.717) is 91.5 Å². The van der Waals surface area contributed by atoms with Crippen LogP contribution in [-0.2, 0) is 38.2 Å². The second-order valence-corrected chi connectivity index (χ2v) is 31.7. The molecule has 8 aromatic heterocycles. The molecular weight excluding hydrogens is 1190 g/mol. The Hall–Kier alpha value is -7.08. The first-order valence-corrected chi connectivity index (χ1v) is 33.3. The average molecular weight is 1270 g/mol. The van der Waals surface area contributed by atoms with Crippen LogP contribution in [0.15, 0.2) is 135 Å². The molecule has 2 aromatic carbocycles. The lowest BCUT2D eigenvalue weighted by Crippen LogP contribution is -2.48. The van der Waals surface area contributed by atoms with Gasteiger partial charge in [-0.25, -0.2) is 9.97 Å². The molecule has 13 rings (SSSR count). The topological polar surface area (TPSA) is 249 Å². The van der Waals surface area contributed by atoms with Gasteiger partial charge in [0.2, 0.25) is 8.32 Å². The summed E-state index contributed by atoms with van der Waals surface area (Å²) in [6.07, 6.45) is 11.1. The smallest absolute Gasteiger partial charge is 0.408 e. The number of fused-ring (bicyclic) bond motifs is 2. The van der Waals surface area contributed by atoms with E-state index in [1.165, 1.54) is 0 Å². The summed E-state index contributed by atoms with van der Waals surface area (Å²) in [5.41, 5.74) is 7.54. The van der Waals surface area contributed by atoms with Crippen molar-refractivity contribution in [3.63, 3.8) is 0 Å². The van der Waals surface area contributed by atoms with E-state index in [2.05, 4.69) is 125 Å². The van der Waals surface area contributed by atoms with Crippen molar-refractivity contribution in [3.05, 3.63) is 195 Å². The van der Waals surface area contributed by atoms with Gasteiger partial charge in [0.15, 0.2) is 22.7 Å². The lowest BCUT2D eigenvalue weighted by Gasteiger charge is -2.41. The number of aryl methyl sites for hydroxylation is 2. The number of aromatic nitrogens is 10. The van der Waals surface area contributed by atoms with Crippen LogP contribution >= 0.6 is 15.9 Å². The Labute approximate surface area is 523 Å². The van der Waals surface area contributed by atoms with Crippen LogP contribution in [0, 0.1) is 13.8 Å². The molecule has 1 aliphatic heterocycles. The van der Waals surface area contributed by atoms with E-state index in [4.69, 9.17) is 32.7 Å². The molecule has 0 unspecified atom stereocenters. The molecule has 3 fully saturated rings. The minimum Gasteiger partial charge on any atom is -0.408 e. The van der Waals surface area contributed by atoms with Gasteiger partial charge < -0.3 is 48.1 Å². The van der Waals surface area contributed by atoms with Gasteiger partial charge in [-0.15, -0.1) is 0 Å². The Morgan fingerprint density at radius 3 is 1.44 bits per heavy atom. The molecule has 2 saturated carbocycles. The molecule has 9 heterocycles. The molecule has 0 radical (unpaired) electrons. The number of aliphatic hydroxyl groups excluding tert-OH is 1. The van der Waals surface area contributed by atoms with Crippen molar-refractivity contribution in [1.29, 1.82) is 0 Å². The van der Waals surface area contributed by atoms with Crippen LogP contribution in [-0.4, -0.2) is 92.1 Å². The Bertz CT molecular complexity index is 3920. The molecule has 18 nitrogen and oxygen atoms in total. The number of benzene rings is 2. The minimum absolute atomic E-state index is 0.287. The average Bonchev–Trinajstić information content (AvgIpc) is 1.43. The SMILES string of the molecule is Cc1noc(CO)c1-c1cc(C(O)(c2ccccn2)c2ccccn2)c2nc(C3CC3)[nH]c2c1.Cc1noc(CO[Si](C(C)C)(C(C)C)C(C)C)c1B1OC(C)(C)C(C)(C)O1.OC(c1ccccn1)(c1ccccn1)c1cc(Br)cc2[nH]c(C3CC3)nc12. The number of nitrogens with one attached hydrogen (secondary N) is 2. The maximum Gasteiger partial charge on any atom is 0.500 e. The first kappa shape index (κ1) is 62.5. The van der Waals surface area contributed by atoms with Crippen molar-refractivity contribution in [2.75, 3.05) is 0 Å². The monoisotopic (exact) mass is 1270 g/mol. The predicted octanol–water partition coefficient (Wildman–Crippen LogP) is 13.2. The lowest BCUT2D eigenvalue weighted by atomic mass is 9.77. The summed E-state index contributed by atoms with van der Waals surface area (Å²) in [6.45, 7) is 25.8. The van der Waals surface area contributed by atoms with Crippen molar-refractivity contribution in [1.82, 2.24) is 50.2 Å². The third kappa shape index (κ3) is 11.8. The van der Waals surface area contributed by atoms with Gasteiger partial charge in [-0.3, -0.25) is 19.9 Å². The Balaban J connectivity index is 0.000000138. The number of H-pyrrole nitrogens is 2.